The summed E-state index contributed by atoms with van der Waals surface area (Å²) in [6.45, 7) is 4.76. The van der Waals surface area contributed by atoms with Crippen molar-refractivity contribution in [3.8, 4) is 0 Å². The molecule has 2 unspecified atom stereocenters. The van der Waals surface area contributed by atoms with Crippen LogP contribution in [0.25, 0.3) is 0 Å². The van der Waals surface area contributed by atoms with Crippen LogP contribution in [0.3, 0.4) is 0 Å². The van der Waals surface area contributed by atoms with E-state index < -0.39 is 34.8 Å². The van der Waals surface area contributed by atoms with Crippen molar-refractivity contribution in [3.63, 3.8) is 0 Å². The van der Waals surface area contributed by atoms with Gasteiger partial charge in [-0.05, 0) is 31.9 Å². The Kier molecular flexibility index (Phi) is 9.34. The van der Waals surface area contributed by atoms with Gasteiger partial charge >= 0.3 is 12.1 Å². The quantitative estimate of drug-likeness (QED) is 0.328. The first-order chi connectivity index (χ1) is 15.5. The van der Waals surface area contributed by atoms with Gasteiger partial charge in [0.05, 0.1) is 0 Å². The number of amides is 2. The number of carbonyl (C=O) groups excluding carboxylic acids is 3. The van der Waals surface area contributed by atoms with Crippen LogP contribution in [0, 0.1) is 5.21 Å². The lowest BCUT2D eigenvalue weighted by molar-refractivity contribution is -0.991. The van der Waals surface area contributed by atoms with Crippen LogP contribution in [0.15, 0.2) is 54.6 Å². The Labute approximate surface area is 192 Å². The van der Waals surface area contributed by atoms with Crippen molar-refractivity contribution in [1.29, 1.82) is 0 Å². The Morgan fingerprint density at radius 3 is 2.24 bits per heavy atom. The van der Waals surface area contributed by atoms with Gasteiger partial charge in [-0.2, -0.15) is 5.23 Å². The minimum Gasteiger partial charge on any atom is -0.595 e. The topological polar surface area (TPSA) is 141 Å². The molecular formula is C23H29N3O7. The summed E-state index contributed by atoms with van der Waals surface area (Å²) >= 11 is 0. The predicted octanol–water partition coefficient (Wildman–Crippen LogP) is 1.39. The highest BCUT2D eigenvalue weighted by Gasteiger charge is 2.25. The van der Waals surface area contributed by atoms with Crippen LogP contribution in [0.4, 0.5) is 10.5 Å². The van der Waals surface area contributed by atoms with Gasteiger partial charge in [-0.3, -0.25) is 9.59 Å². The predicted molar refractivity (Wildman–Crippen MR) is 118 cm³/mol. The zero-order valence-electron chi connectivity index (χ0n) is 18.8. The van der Waals surface area contributed by atoms with Crippen molar-refractivity contribution >= 4 is 23.7 Å². The number of nitrogens with one attached hydrogen (secondary N) is 3. The molecule has 2 aromatic rings. The van der Waals surface area contributed by atoms with Gasteiger partial charge in [-0.15, -0.1) is 0 Å². The molecule has 33 heavy (non-hydrogen) atoms. The van der Waals surface area contributed by atoms with Crippen LogP contribution in [0.1, 0.15) is 31.9 Å². The summed E-state index contributed by atoms with van der Waals surface area (Å²) < 4.78 is 10.4. The summed E-state index contributed by atoms with van der Waals surface area (Å²) in [4.78, 5) is 36.9. The molecule has 0 saturated heterocycles. The van der Waals surface area contributed by atoms with E-state index in [1.54, 1.807) is 32.9 Å². The molecule has 2 atom stereocenters. The van der Waals surface area contributed by atoms with Gasteiger partial charge in [0, 0.05) is 18.6 Å². The molecule has 178 valence electrons. The first kappa shape index (κ1) is 25.8. The Hall–Kier alpha value is -3.47. The van der Waals surface area contributed by atoms with Crippen LogP contribution >= 0.6 is 0 Å². The van der Waals surface area contributed by atoms with E-state index in [1.807, 2.05) is 30.3 Å². The fourth-order valence-corrected chi connectivity index (χ4v) is 2.75. The van der Waals surface area contributed by atoms with Gasteiger partial charge in [-0.25, -0.2) is 10.0 Å². The minimum atomic E-state index is -1.07. The number of quaternary nitrogens is 1. The molecule has 4 N–H and O–H groups in total. The van der Waals surface area contributed by atoms with Crippen LogP contribution < -0.4 is 15.9 Å². The summed E-state index contributed by atoms with van der Waals surface area (Å²) in [6, 6.07) is 14.0. The van der Waals surface area contributed by atoms with E-state index in [0.29, 0.717) is 5.56 Å². The van der Waals surface area contributed by atoms with E-state index in [9.17, 15) is 19.6 Å². The average Bonchev–Trinajstić information content (AvgIpc) is 2.75. The highest BCUT2D eigenvalue weighted by molar-refractivity contribution is 5.88. The Balaban J connectivity index is 1.98. The summed E-state index contributed by atoms with van der Waals surface area (Å²) in [5, 5.41) is 23.9. The second-order valence-electron chi connectivity index (χ2n) is 8.27. The number of esters is 1. The third-order valence-electron chi connectivity index (χ3n) is 4.30. The van der Waals surface area contributed by atoms with Crippen LogP contribution in [0.2, 0.25) is 0 Å². The molecule has 10 heteroatoms. The molecule has 10 nitrogen and oxygen atoms in total. The van der Waals surface area contributed by atoms with Gasteiger partial charge < -0.3 is 25.3 Å². The maximum absolute atomic E-state index is 12.7. The summed E-state index contributed by atoms with van der Waals surface area (Å²) in [6.07, 6.45) is -0.735. The third-order valence-corrected chi connectivity index (χ3v) is 4.30. The van der Waals surface area contributed by atoms with Gasteiger partial charge in [0.25, 0.3) is 0 Å². The molecule has 0 spiro atoms. The van der Waals surface area contributed by atoms with Crippen LogP contribution in [-0.4, -0.2) is 41.4 Å². The first-order valence-electron chi connectivity index (χ1n) is 10.3. The van der Waals surface area contributed by atoms with Crippen molar-refractivity contribution in [3.05, 3.63) is 70.9 Å². The van der Waals surface area contributed by atoms with Crippen LogP contribution in [0.5, 0.6) is 0 Å². The Morgan fingerprint density at radius 1 is 1.03 bits per heavy atom. The number of benzene rings is 2. The van der Waals surface area contributed by atoms with Crippen molar-refractivity contribution < 1.29 is 34.3 Å². The highest BCUT2D eigenvalue weighted by Crippen LogP contribution is 2.10. The van der Waals surface area contributed by atoms with Crippen molar-refractivity contribution in [2.24, 2.45) is 0 Å². The average molecular weight is 459 g/mol. The summed E-state index contributed by atoms with van der Waals surface area (Å²) in [7, 11) is 0. The van der Waals surface area contributed by atoms with Gasteiger partial charge in [-0.1, -0.05) is 42.5 Å². The minimum absolute atomic E-state index is 0.0596. The smallest absolute Gasteiger partial charge is 0.408 e. The fourth-order valence-electron chi connectivity index (χ4n) is 2.75. The van der Waals surface area contributed by atoms with E-state index in [0.717, 1.165) is 5.56 Å². The van der Waals surface area contributed by atoms with Gasteiger partial charge in [0.15, 0.2) is 5.69 Å². The highest BCUT2D eigenvalue weighted by atomic mass is 16.8. The number of rotatable bonds is 9. The normalized spacial score (nSPS) is 12.9. The zero-order chi connectivity index (χ0) is 24.4. The molecule has 2 rings (SSSR count). The number of alkyl carbamates (subject to hydrolysis) is 1. The lowest BCUT2D eigenvalue weighted by Gasteiger charge is -2.23. The number of ether oxygens (including phenoxy) is 2. The summed E-state index contributed by atoms with van der Waals surface area (Å²) in [5.41, 5.74) is 0.755. The molecule has 0 bridgehead atoms. The van der Waals surface area contributed by atoms with E-state index in [4.69, 9.17) is 14.7 Å². The zero-order valence-corrected chi connectivity index (χ0v) is 18.8. The summed E-state index contributed by atoms with van der Waals surface area (Å²) in [5.74, 6) is -1.24. The molecule has 0 saturated carbocycles. The molecule has 2 aromatic carbocycles. The second kappa shape index (κ2) is 12.0. The molecule has 0 aliphatic carbocycles. The Morgan fingerprint density at radius 2 is 1.67 bits per heavy atom. The first-order valence-corrected chi connectivity index (χ1v) is 10.3. The van der Waals surface area contributed by atoms with Crippen molar-refractivity contribution in [1.82, 2.24) is 10.6 Å². The molecule has 2 amide bonds. The lowest BCUT2D eigenvalue weighted by atomic mass is 10.0. The number of hydrogen-bond acceptors (Lipinski definition) is 7. The fraction of sp³-hybridized carbons (Fsp3) is 0.348. The SMILES string of the molecule is CC(C)(C)OC(=O)NC(Cc1ccc([NH+]([O-])O)cc1)C(=O)NCC(=O)OCc1ccccc1. The molecular weight excluding hydrogens is 430 g/mol. The van der Waals surface area contributed by atoms with Crippen molar-refractivity contribution in [2.45, 2.75) is 45.4 Å². The maximum Gasteiger partial charge on any atom is 0.408 e. The molecule has 0 fully saturated rings. The molecule has 0 aliphatic heterocycles. The number of carbonyl (C=O) groups is 3. The molecule has 0 radical (unpaired) electrons. The molecule has 0 aliphatic rings. The Bertz CT molecular complexity index is 925. The van der Waals surface area contributed by atoms with Gasteiger partial charge in [0.2, 0.25) is 5.91 Å². The standard InChI is InChI=1S/C23H29N3O7/c1-23(2,3)33-22(29)25-19(13-16-9-11-18(12-10-16)26(30)31)21(28)24-14-20(27)32-15-17-7-5-4-6-8-17/h4-12,19,26,30H,13-15H2,1-3H3,(H,24,28)(H,25,29). The van der Waals surface area contributed by atoms with Gasteiger partial charge in [0.1, 0.15) is 24.8 Å². The van der Waals surface area contributed by atoms with Crippen LogP contribution in [-0.2, 0) is 32.1 Å². The third kappa shape index (κ3) is 9.69. The maximum atomic E-state index is 12.7. The monoisotopic (exact) mass is 459 g/mol. The van der Waals surface area contributed by atoms with Crippen molar-refractivity contribution in [2.75, 3.05) is 6.54 Å². The van der Waals surface area contributed by atoms with E-state index in [-0.39, 0.29) is 25.3 Å². The van der Waals surface area contributed by atoms with E-state index in [2.05, 4.69) is 10.6 Å². The lowest BCUT2D eigenvalue weighted by Crippen LogP contribution is -2.99. The molecule has 0 heterocycles. The molecule has 0 aromatic heterocycles. The number of hydrogen-bond donors (Lipinski definition) is 4. The largest absolute Gasteiger partial charge is 0.595 e. The second-order valence-corrected chi connectivity index (χ2v) is 8.27. The van der Waals surface area contributed by atoms with E-state index >= 15 is 0 Å². The van der Waals surface area contributed by atoms with E-state index in [1.165, 1.54) is 12.1 Å².